The maximum absolute atomic E-state index is 12.7. The van der Waals surface area contributed by atoms with E-state index in [9.17, 15) is 4.79 Å². The summed E-state index contributed by atoms with van der Waals surface area (Å²) >= 11 is 0. The summed E-state index contributed by atoms with van der Waals surface area (Å²) in [4.78, 5) is 14.9. The average Bonchev–Trinajstić information content (AvgIpc) is 2.83. The van der Waals surface area contributed by atoms with Gasteiger partial charge < -0.3 is 9.64 Å². The van der Waals surface area contributed by atoms with Crippen LogP contribution in [0.4, 0.5) is 0 Å². The highest BCUT2D eigenvalue weighted by Crippen LogP contribution is 2.48. The Bertz CT molecular complexity index is 382. The van der Waals surface area contributed by atoms with Crippen LogP contribution in [-0.2, 0) is 9.53 Å². The van der Waals surface area contributed by atoms with Gasteiger partial charge in [0.15, 0.2) is 0 Å². The van der Waals surface area contributed by atoms with Crippen LogP contribution in [0.3, 0.4) is 0 Å². The first-order chi connectivity index (χ1) is 9.23. The van der Waals surface area contributed by atoms with E-state index in [0.717, 1.165) is 25.7 Å². The maximum atomic E-state index is 12.7. The highest BCUT2D eigenvalue weighted by atomic mass is 16.5. The number of rotatable bonds is 3. The van der Waals surface area contributed by atoms with Gasteiger partial charge in [-0.2, -0.15) is 0 Å². The molecular formula is C15H24N2O2. The van der Waals surface area contributed by atoms with Crippen molar-refractivity contribution in [1.29, 1.82) is 0 Å². The van der Waals surface area contributed by atoms with E-state index < -0.39 is 0 Å². The fourth-order valence-corrected chi connectivity index (χ4v) is 4.24. The van der Waals surface area contributed by atoms with E-state index in [4.69, 9.17) is 4.74 Å². The second-order valence-electron chi connectivity index (χ2n) is 6.91. The van der Waals surface area contributed by atoms with Crippen LogP contribution < -0.4 is 5.32 Å². The Balaban J connectivity index is 1.53. The Morgan fingerprint density at radius 3 is 2.53 bits per heavy atom. The highest BCUT2D eigenvalue weighted by molar-refractivity contribution is 5.92. The fraction of sp³-hybridized carbons (Fsp3) is 0.933. The molecular weight excluding hydrogens is 240 g/mol. The zero-order valence-electron chi connectivity index (χ0n) is 11.7. The van der Waals surface area contributed by atoms with E-state index in [-0.39, 0.29) is 5.54 Å². The van der Waals surface area contributed by atoms with E-state index in [1.54, 1.807) is 7.11 Å². The van der Waals surface area contributed by atoms with Crippen LogP contribution in [0.5, 0.6) is 0 Å². The summed E-state index contributed by atoms with van der Waals surface area (Å²) in [5, 5.41) is 3.70. The molecule has 0 aromatic rings. The van der Waals surface area contributed by atoms with Crippen LogP contribution in [0.25, 0.3) is 0 Å². The topological polar surface area (TPSA) is 41.6 Å². The highest BCUT2D eigenvalue weighted by Gasteiger charge is 2.62. The van der Waals surface area contributed by atoms with Gasteiger partial charge in [-0.15, -0.1) is 0 Å². The first-order valence-corrected chi connectivity index (χ1v) is 7.87. The third-order valence-corrected chi connectivity index (χ3v) is 5.76. The molecule has 0 aromatic heterocycles. The van der Waals surface area contributed by atoms with Crippen LogP contribution >= 0.6 is 0 Å². The number of carbonyl (C=O) groups excluding carboxylic acids is 1. The standard InChI is InChI=1S/C15H24N2O2/c1-19-12-8-11(9-12)17-13(10-4-2-3-5-10)16-15(6-7-15)14(17)18/h10-13,16H,2-9H2,1H3. The predicted octanol–water partition coefficient (Wildman–Crippen LogP) is 1.64. The summed E-state index contributed by atoms with van der Waals surface area (Å²) in [7, 11) is 1.78. The summed E-state index contributed by atoms with van der Waals surface area (Å²) < 4.78 is 5.38. The van der Waals surface area contributed by atoms with E-state index >= 15 is 0 Å². The van der Waals surface area contributed by atoms with Crippen LogP contribution in [0, 0.1) is 5.92 Å². The van der Waals surface area contributed by atoms with Crippen molar-refractivity contribution in [3.05, 3.63) is 0 Å². The molecule has 0 radical (unpaired) electrons. The van der Waals surface area contributed by atoms with Gasteiger partial charge in [-0.1, -0.05) is 12.8 Å². The molecule has 1 spiro atoms. The number of nitrogens with one attached hydrogen (secondary N) is 1. The van der Waals surface area contributed by atoms with Gasteiger partial charge >= 0.3 is 0 Å². The molecule has 3 saturated carbocycles. The van der Waals surface area contributed by atoms with E-state index in [1.165, 1.54) is 25.7 Å². The van der Waals surface area contributed by atoms with Crippen molar-refractivity contribution >= 4 is 5.91 Å². The normalized spacial score (nSPS) is 41.0. The molecule has 1 aliphatic heterocycles. The molecule has 0 aromatic carbocycles. The summed E-state index contributed by atoms with van der Waals surface area (Å²) in [6.07, 6.45) is 10.1. The van der Waals surface area contributed by atoms with E-state index in [0.29, 0.717) is 30.1 Å². The van der Waals surface area contributed by atoms with Gasteiger partial charge in [-0.25, -0.2) is 0 Å². The summed E-state index contributed by atoms with van der Waals surface area (Å²) in [6, 6.07) is 0.426. The zero-order valence-corrected chi connectivity index (χ0v) is 11.7. The lowest BCUT2D eigenvalue weighted by Crippen LogP contribution is -2.54. The molecule has 3 aliphatic carbocycles. The van der Waals surface area contributed by atoms with Gasteiger partial charge in [-0.05, 0) is 44.4 Å². The van der Waals surface area contributed by atoms with Crippen LogP contribution in [-0.4, -0.2) is 41.8 Å². The average molecular weight is 264 g/mol. The Kier molecular flexibility index (Phi) is 2.68. The Labute approximate surface area is 114 Å². The molecule has 1 unspecified atom stereocenters. The first-order valence-electron chi connectivity index (χ1n) is 7.87. The van der Waals surface area contributed by atoms with Gasteiger partial charge in [0, 0.05) is 13.2 Å². The number of ether oxygens (including phenoxy) is 1. The van der Waals surface area contributed by atoms with E-state index in [1.807, 2.05) is 0 Å². The lowest BCUT2D eigenvalue weighted by molar-refractivity contribution is -0.139. The van der Waals surface area contributed by atoms with Crippen LogP contribution in [0.1, 0.15) is 51.4 Å². The second-order valence-corrected chi connectivity index (χ2v) is 6.91. The van der Waals surface area contributed by atoms with Crippen molar-refractivity contribution < 1.29 is 9.53 Å². The zero-order chi connectivity index (χ0) is 13.0. The van der Waals surface area contributed by atoms with Crippen LogP contribution in [0.15, 0.2) is 0 Å². The third kappa shape index (κ3) is 1.76. The van der Waals surface area contributed by atoms with Crippen molar-refractivity contribution in [2.45, 2.75) is 75.2 Å². The molecule has 19 heavy (non-hydrogen) atoms. The van der Waals surface area contributed by atoms with Gasteiger partial charge in [0.05, 0.1) is 17.8 Å². The van der Waals surface area contributed by atoms with Crippen molar-refractivity contribution in [3.8, 4) is 0 Å². The Morgan fingerprint density at radius 2 is 1.95 bits per heavy atom. The molecule has 4 heteroatoms. The number of hydrogen-bond acceptors (Lipinski definition) is 3. The summed E-state index contributed by atoms with van der Waals surface area (Å²) in [6.45, 7) is 0. The maximum Gasteiger partial charge on any atom is 0.244 e. The fourth-order valence-electron chi connectivity index (χ4n) is 4.24. The SMILES string of the molecule is COC1CC(N2C(=O)C3(CC3)NC2C2CCCC2)C1. The molecule has 4 rings (SSSR count). The summed E-state index contributed by atoms with van der Waals surface area (Å²) in [5.41, 5.74) is -0.147. The van der Waals surface area contributed by atoms with E-state index in [2.05, 4.69) is 10.2 Å². The number of methoxy groups -OCH3 is 1. The third-order valence-electron chi connectivity index (χ3n) is 5.76. The number of nitrogens with zero attached hydrogens (tertiary/aromatic N) is 1. The van der Waals surface area contributed by atoms with Gasteiger partial charge in [0.2, 0.25) is 5.91 Å². The number of amides is 1. The largest absolute Gasteiger partial charge is 0.381 e. The Morgan fingerprint density at radius 1 is 1.26 bits per heavy atom. The second kappa shape index (κ2) is 4.19. The molecule has 106 valence electrons. The minimum Gasteiger partial charge on any atom is -0.381 e. The quantitative estimate of drug-likeness (QED) is 0.842. The molecule has 1 saturated heterocycles. The number of carbonyl (C=O) groups is 1. The van der Waals surface area contributed by atoms with Gasteiger partial charge in [-0.3, -0.25) is 10.1 Å². The van der Waals surface area contributed by atoms with Crippen molar-refractivity contribution in [2.24, 2.45) is 5.92 Å². The molecule has 4 nitrogen and oxygen atoms in total. The minimum absolute atomic E-state index is 0.147. The molecule has 4 aliphatic rings. The number of hydrogen-bond donors (Lipinski definition) is 1. The lowest BCUT2D eigenvalue weighted by Gasteiger charge is -2.44. The monoisotopic (exact) mass is 264 g/mol. The van der Waals surface area contributed by atoms with Crippen molar-refractivity contribution in [2.75, 3.05) is 7.11 Å². The molecule has 0 bridgehead atoms. The van der Waals surface area contributed by atoms with Gasteiger partial charge in [0.1, 0.15) is 0 Å². The molecule has 1 heterocycles. The molecule has 1 amide bonds. The molecule has 1 atom stereocenters. The molecule has 1 N–H and O–H groups in total. The van der Waals surface area contributed by atoms with Crippen molar-refractivity contribution in [1.82, 2.24) is 10.2 Å². The van der Waals surface area contributed by atoms with Crippen molar-refractivity contribution in [3.63, 3.8) is 0 Å². The minimum atomic E-state index is -0.147. The van der Waals surface area contributed by atoms with Crippen LogP contribution in [0.2, 0.25) is 0 Å². The first kappa shape index (κ1) is 12.2. The smallest absolute Gasteiger partial charge is 0.244 e. The Hall–Kier alpha value is -0.610. The lowest BCUT2D eigenvalue weighted by atomic mass is 9.86. The summed E-state index contributed by atoms with van der Waals surface area (Å²) in [5.74, 6) is 1.08. The predicted molar refractivity (Wildman–Crippen MR) is 71.5 cm³/mol. The molecule has 4 fully saturated rings. The van der Waals surface area contributed by atoms with Gasteiger partial charge in [0.25, 0.3) is 0 Å².